The Bertz CT molecular complexity index is 499. The Balaban J connectivity index is 1.88. The van der Waals surface area contributed by atoms with Crippen LogP contribution in [0.2, 0.25) is 0 Å². The first-order valence-corrected chi connectivity index (χ1v) is 8.02. The highest BCUT2D eigenvalue weighted by atomic mass is 16.6. The Morgan fingerprint density at radius 1 is 1.27 bits per heavy atom. The first-order chi connectivity index (χ1) is 10.2. The van der Waals surface area contributed by atoms with E-state index in [-0.39, 0.29) is 12.1 Å². The van der Waals surface area contributed by atoms with Gasteiger partial charge in [0.2, 0.25) is 0 Å². The van der Waals surface area contributed by atoms with Gasteiger partial charge in [-0.25, -0.2) is 4.79 Å². The molecule has 0 bridgehead atoms. The fraction of sp³-hybridized carbons (Fsp3) is 0.750. The predicted octanol–water partition coefficient (Wildman–Crippen LogP) is 3.27. The van der Waals surface area contributed by atoms with Gasteiger partial charge in [-0.15, -0.1) is 0 Å². The second-order valence-electron chi connectivity index (χ2n) is 7.16. The summed E-state index contributed by atoms with van der Waals surface area (Å²) in [6.07, 6.45) is 3.78. The fourth-order valence-electron chi connectivity index (χ4n) is 2.89. The molecule has 6 heteroatoms. The Morgan fingerprint density at radius 2 is 1.95 bits per heavy atom. The smallest absolute Gasteiger partial charge is 0.407 e. The molecule has 2 atom stereocenters. The molecule has 1 aliphatic carbocycles. The maximum Gasteiger partial charge on any atom is 0.407 e. The molecule has 1 aromatic heterocycles. The lowest BCUT2D eigenvalue weighted by Gasteiger charge is -2.31. The van der Waals surface area contributed by atoms with E-state index in [1.165, 1.54) is 0 Å². The molecule has 22 heavy (non-hydrogen) atoms. The lowest BCUT2D eigenvalue weighted by Crippen LogP contribution is -2.43. The van der Waals surface area contributed by atoms with Gasteiger partial charge in [-0.3, -0.25) is 5.10 Å². The maximum atomic E-state index is 11.9. The number of hydrogen-bond acceptors (Lipinski definition) is 4. The van der Waals surface area contributed by atoms with Gasteiger partial charge in [0.25, 0.3) is 0 Å². The Kier molecular flexibility index (Phi) is 4.98. The van der Waals surface area contributed by atoms with Gasteiger partial charge in [0.1, 0.15) is 5.60 Å². The van der Waals surface area contributed by atoms with Crippen molar-refractivity contribution in [2.45, 2.75) is 78.0 Å². The van der Waals surface area contributed by atoms with Crippen molar-refractivity contribution in [3.63, 3.8) is 0 Å². The van der Waals surface area contributed by atoms with E-state index in [4.69, 9.17) is 4.74 Å². The molecule has 2 unspecified atom stereocenters. The van der Waals surface area contributed by atoms with E-state index in [2.05, 4.69) is 20.8 Å². The minimum absolute atomic E-state index is 0.161. The minimum Gasteiger partial charge on any atom is -0.444 e. The highest BCUT2D eigenvalue weighted by Crippen LogP contribution is 2.25. The van der Waals surface area contributed by atoms with Crippen LogP contribution < -0.4 is 10.6 Å². The lowest BCUT2D eigenvalue weighted by molar-refractivity contribution is 0.0492. The first-order valence-electron chi connectivity index (χ1n) is 8.02. The summed E-state index contributed by atoms with van der Waals surface area (Å²) in [6, 6.07) is 0.511. The van der Waals surface area contributed by atoms with Crippen LogP contribution in [0, 0.1) is 13.8 Å². The van der Waals surface area contributed by atoms with Crippen molar-refractivity contribution in [2.24, 2.45) is 0 Å². The molecule has 6 nitrogen and oxygen atoms in total. The van der Waals surface area contributed by atoms with E-state index in [1.807, 2.05) is 34.6 Å². The molecule has 1 amide bonds. The Hall–Kier alpha value is -1.72. The zero-order valence-electron chi connectivity index (χ0n) is 14.2. The van der Waals surface area contributed by atoms with Crippen LogP contribution in [0.3, 0.4) is 0 Å². The van der Waals surface area contributed by atoms with Crippen molar-refractivity contribution in [1.29, 1.82) is 0 Å². The number of hydrogen-bond donors (Lipinski definition) is 3. The maximum absolute atomic E-state index is 11.9. The second-order valence-corrected chi connectivity index (χ2v) is 7.16. The molecule has 0 spiro atoms. The number of alkyl carbamates (subject to hydrolysis) is 1. The molecule has 1 saturated carbocycles. The number of aryl methyl sites for hydroxylation is 2. The van der Waals surface area contributed by atoms with Crippen LogP contribution in [0.25, 0.3) is 0 Å². The van der Waals surface area contributed by atoms with Crippen LogP contribution in [-0.2, 0) is 4.74 Å². The number of carbonyl (C=O) groups excluding carboxylic acids is 1. The van der Waals surface area contributed by atoms with E-state index in [0.29, 0.717) is 6.04 Å². The summed E-state index contributed by atoms with van der Waals surface area (Å²) < 4.78 is 5.33. The normalized spacial score (nSPS) is 22.2. The summed E-state index contributed by atoms with van der Waals surface area (Å²) >= 11 is 0. The molecule has 1 aliphatic rings. The van der Waals surface area contributed by atoms with Gasteiger partial charge >= 0.3 is 6.09 Å². The van der Waals surface area contributed by atoms with Gasteiger partial charge in [-0.2, -0.15) is 5.10 Å². The number of rotatable bonds is 3. The number of aromatic amines is 1. The van der Waals surface area contributed by atoms with Gasteiger partial charge in [0.15, 0.2) is 0 Å². The molecule has 0 saturated heterocycles. The molecular weight excluding hydrogens is 280 g/mol. The predicted molar refractivity (Wildman–Crippen MR) is 87.1 cm³/mol. The van der Waals surface area contributed by atoms with Gasteiger partial charge in [-0.05, 0) is 60.3 Å². The summed E-state index contributed by atoms with van der Waals surface area (Å²) in [7, 11) is 0. The zero-order valence-corrected chi connectivity index (χ0v) is 14.2. The third-order valence-electron chi connectivity index (χ3n) is 3.87. The third kappa shape index (κ3) is 4.64. The van der Waals surface area contributed by atoms with E-state index in [1.54, 1.807) is 0 Å². The molecular formula is C16H28N4O2. The molecule has 1 fully saturated rings. The molecule has 2 rings (SSSR count). The SMILES string of the molecule is Cc1n[nH]c(C)c1NC1CCCC(NC(=O)OC(C)(C)C)C1. The molecule has 3 N–H and O–H groups in total. The van der Waals surface area contributed by atoms with E-state index >= 15 is 0 Å². The van der Waals surface area contributed by atoms with Crippen molar-refractivity contribution < 1.29 is 9.53 Å². The van der Waals surface area contributed by atoms with E-state index < -0.39 is 5.60 Å². The van der Waals surface area contributed by atoms with Crippen molar-refractivity contribution in [3.8, 4) is 0 Å². The van der Waals surface area contributed by atoms with E-state index in [0.717, 1.165) is 42.8 Å². The first kappa shape index (κ1) is 16.6. The van der Waals surface area contributed by atoms with Crippen LogP contribution in [0.4, 0.5) is 10.5 Å². The summed E-state index contributed by atoms with van der Waals surface area (Å²) in [5.74, 6) is 0. The average Bonchev–Trinajstić information content (AvgIpc) is 2.69. The number of H-pyrrole nitrogens is 1. The number of anilines is 1. The number of aromatic nitrogens is 2. The van der Waals surface area contributed by atoms with Crippen LogP contribution in [0.15, 0.2) is 0 Å². The Labute approximate surface area is 132 Å². The lowest BCUT2D eigenvalue weighted by atomic mass is 9.91. The topological polar surface area (TPSA) is 79.0 Å². The van der Waals surface area contributed by atoms with Gasteiger partial charge in [0.05, 0.1) is 17.1 Å². The molecule has 1 aromatic rings. The number of carbonyl (C=O) groups is 1. The monoisotopic (exact) mass is 308 g/mol. The molecule has 0 radical (unpaired) electrons. The van der Waals surface area contributed by atoms with Gasteiger partial charge < -0.3 is 15.4 Å². The zero-order chi connectivity index (χ0) is 16.3. The Morgan fingerprint density at radius 3 is 2.55 bits per heavy atom. The summed E-state index contributed by atoms with van der Waals surface area (Å²) in [6.45, 7) is 9.64. The van der Waals surface area contributed by atoms with E-state index in [9.17, 15) is 4.79 Å². The van der Waals surface area contributed by atoms with Crippen molar-refractivity contribution in [1.82, 2.24) is 15.5 Å². The van der Waals surface area contributed by atoms with Crippen LogP contribution in [-0.4, -0.2) is 34.0 Å². The highest BCUT2D eigenvalue weighted by Gasteiger charge is 2.26. The fourth-order valence-corrected chi connectivity index (χ4v) is 2.89. The van der Waals surface area contributed by atoms with Crippen molar-refractivity contribution >= 4 is 11.8 Å². The third-order valence-corrected chi connectivity index (χ3v) is 3.87. The van der Waals surface area contributed by atoms with Crippen LogP contribution >= 0.6 is 0 Å². The molecule has 0 aliphatic heterocycles. The molecule has 124 valence electrons. The van der Waals surface area contributed by atoms with Crippen LogP contribution in [0.1, 0.15) is 57.8 Å². The van der Waals surface area contributed by atoms with Crippen LogP contribution in [0.5, 0.6) is 0 Å². The summed E-state index contributed by atoms with van der Waals surface area (Å²) in [5, 5.41) is 13.8. The number of nitrogens with zero attached hydrogens (tertiary/aromatic N) is 1. The number of amides is 1. The summed E-state index contributed by atoms with van der Waals surface area (Å²) in [4.78, 5) is 11.9. The van der Waals surface area contributed by atoms with Gasteiger partial charge in [-0.1, -0.05) is 0 Å². The van der Waals surface area contributed by atoms with Crippen molar-refractivity contribution in [2.75, 3.05) is 5.32 Å². The standard InChI is InChI=1S/C16H28N4O2/c1-10-14(11(2)20-19-10)17-12-7-6-8-13(9-12)18-15(21)22-16(3,4)5/h12-13,17H,6-9H2,1-5H3,(H,18,21)(H,19,20). The average molecular weight is 308 g/mol. The quantitative estimate of drug-likeness (QED) is 0.800. The van der Waals surface area contributed by atoms with Crippen molar-refractivity contribution in [3.05, 3.63) is 11.4 Å². The van der Waals surface area contributed by atoms with Gasteiger partial charge in [0, 0.05) is 12.1 Å². The molecule has 0 aromatic carbocycles. The number of ether oxygens (including phenoxy) is 1. The molecule has 1 heterocycles. The largest absolute Gasteiger partial charge is 0.444 e. The second kappa shape index (κ2) is 6.58. The highest BCUT2D eigenvalue weighted by molar-refractivity contribution is 5.68. The minimum atomic E-state index is -0.457. The number of nitrogens with one attached hydrogen (secondary N) is 3. The summed E-state index contributed by atoms with van der Waals surface area (Å²) in [5.41, 5.74) is 2.67.